The Labute approximate surface area is 119 Å². The normalized spacial score (nSPS) is 10.1. The second-order valence-corrected chi connectivity index (χ2v) is 4.39. The second-order valence-electron chi connectivity index (χ2n) is 4.39. The second kappa shape index (κ2) is 6.04. The van der Waals surface area contributed by atoms with Crippen LogP contribution >= 0.6 is 0 Å². The molecule has 2 aromatic rings. The molecule has 0 spiro atoms. The van der Waals surface area contributed by atoms with Gasteiger partial charge in [0.1, 0.15) is 11.6 Å². The first-order chi connectivity index (χ1) is 9.95. The number of carboxylic acid groups (broad SMARTS) is 1. The van der Waals surface area contributed by atoms with E-state index in [4.69, 9.17) is 10.2 Å². The number of rotatable bonds is 4. The number of carboxylic acids is 1. The van der Waals surface area contributed by atoms with Crippen LogP contribution in [-0.4, -0.2) is 22.1 Å². The van der Waals surface area contributed by atoms with Gasteiger partial charge in [-0.15, -0.1) is 0 Å². The molecule has 0 bridgehead atoms. The molecule has 0 radical (unpaired) electrons. The molecule has 2 aromatic carbocycles. The topological polar surface area (TPSA) is 86.6 Å². The lowest BCUT2D eigenvalue weighted by molar-refractivity contribution is -0.115. The summed E-state index contributed by atoms with van der Waals surface area (Å²) in [7, 11) is 0. The van der Waals surface area contributed by atoms with E-state index in [2.05, 4.69) is 5.32 Å². The van der Waals surface area contributed by atoms with Crippen molar-refractivity contribution in [3.8, 4) is 5.75 Å². The van der Waals surface area contributed by atoms with Crippen LogP contribution in [0.25, 0.3) is 0 Å². The SMILES string of the molecule is O=C(Cc1ccc(O)cc1)Nc1ccc(F)cc1C(=O)O. The fourth-order valence-corrected chi connectivity index (χ4v) is 1.80. The number of benzene rings is 2. The van der Waals surface area contributed by atoms with Crippen LogP contribution in [0.5, 0.6) is 5.75 Å². The molecule has 1 amide bonds. The fraction of sp³-hybridized carbons (Fsp3) is 0.0667. The number of anilines is 1. The Morgan fingerprint density at radius 3 is 2.38 bits per heavy atom. The van der Waals surface area contributed by atoms with E-state index in [0.29, 0.717) is 5.56 Å². The van der Waals surface area contributed by atoms with Crippen molar-refractivity contribution in [2.24, 2.45) is 0 Å². The highest BCUT2D eigenvalue weighted by Crippen LogP contribution is 2.18. The predicted molar refractivity (Wildman–Crippen MR) is 73.8 cm³/mol. The summed E-state index contributed by atoms with van der Waals surface area (Å²) in [6.45, 7) is 0. The summed E-state index contributed by atoms with van der Waals surface area (Å²) in [6, 6.07) is 9.18. The van der Waals surface area contributed by atoms with E-state index in [9.17, 15) is 14.0 Å². The number of phenolic OH excluding ortho intramolecular Hbond substituents is 1. The maximum atomic E-state index is 13.0. The molecule has 21 heavy (non-hydrogen) atoms. The first-order valence-corrected chi connectivity index (χ1v) is 6.06. The van der Waals surface area contributed by atoms with Crippen LogP contribution in [0.3, 0.4) is 0 Å². The number of aromatic carboxylic acids is 1. The zero-order valence-electron chi connectivity index (χ0n) is 10.8. The summed E-state index contributed by atoms with van der Waals surface area (Å²) in [4.78, 5) is 22.9. The summed E-state index contributed by atoms with van der Waals surface area (Å²) in [6.07, 6.45) is 0.0106. The predicted octanol–water partition coefficient (Wildman–Crippen LogP) is 2.41. The van der Waals surface area contributed by atoms with Crippen LogP contribution in [0, 0.1) is 5.82 Å². The van der Waals surface area contributed by atoms with Crippen molar-refractivity contribution in [2.75, 3.05) is 5.32 Å². The zero-order chi connectivity index (χ0) is 15.4. The minimum atomic E-state index is -1.32. The lowest BCUT2D eigenvalue weighted by atomic mass is 10.1. The highest BCUT2D eigenvalue weighted by atomic mass is 19.1. The molecule has 6 heteroatoms. The number of aromatic hydroxyl groups is 1. The number of phenols is 1. The van der Waals surface area contributed by atoms with Crippen molar-refractivity contribution in [3.05, 3.63) is 59.4 Å². The average Bonchev–Trinajstić information content (AvgIpc) is 2.43. The van der Waals surface area contributed by atoms with Gasteiger partial charge in [0.2, 0.25) is 5.91 Å². The Morgan fingerprint density at radius 1 is 1.10 bits per heavy atom. The van der Waals surface area contributed by atoms with Gasteiger partial charge in [0, 0.05) is 0 Å². The molecule has 0 aliphatic carbocycles. The Hall–Kier alpha value is -2.89. The van der Waals surface area contributed by atoms with Crippen LogP contribution < -0.4 is 5.32 Å². The Bertz CT molecular complexity index is 683. The molecule has 0 saturated heterocycles. The van der Waals surface area contributed by atoms with Gasteiger partial charge in [-0.05, 0) is 35.9 Å². The van der Waals surface area contributed by atoms with Crippen molar-refractivity contribution >= 4 is 17.6 Å². The molecule has 0 saturated carbocycles. The van der Waals surface area contributed by atoms with E-state index in [1.807, 2.05) is 0 Å². The van der Waals surface area contributed by atoms with Gasteiger partial charge in [0.05, 0.1) is 17.7 Å². The van der Waals surface area contributed by atoms with E-state index < -0.39 is 17.7 Å². The van der Waals surface area contributed by atoms with Gasteiger partial charge in [-0.3, -0.25) is 4.79 Å². The maximum absolute atomic E-state index is 13.0. The van der Waals surface area contributed by atoms with Crippen molar-refractivity contribution in [2.45, 2.75) is 6.42 Å². The van der Waals surface area contributed by atoms with E-state index in [1.165, 1.54) is 18.2 Å². The highest BCUT2D eigenvalue weighted by Gasteiger charge is 2.13. The Balaban J connectivity index is 2.12. The molecule has 0 aromatic heterocycles. The summed E-state index contributed by atoms with van der Waals surface area (Å²) >= 11 is 0. The first kappa shape index (κ1) is 14.5. The molecule has 0 unspecified atom stereocenters. The lowest BCUT2D eigenvalue weighted by Gasteiger charge is -2.08. The van der Waals surface area contributed by atoms with E-state index in [0.717, 1.165) is 12.1 Å². The summed E-state index contributed by atoms with van der Waals surface area (Å²) in [5.41, 5.74) is 0.381. The number of carbonyl (C=O) groups excluding carboxylic acids is 1. The zero-order valence-corrected chi connectivity index (χ0v) is 10.8. The third kappa shape index (κ3) is 3.79. The van der Waals surface area contributed by atoms with Crippen LogP contribution in [0.2, 0.25) is 0 Å². The van der Waals surface area contributed by atoms with Gasteiger partial charge in [-0.25, -0.2) is 9.18 Å². The number of halogens is 1. The first-order valence-electron chi connectivity index (χ1n) is 6.06. The summed E-state index contributed by atoms with van der Waals surface area (Å²) < 4.78 is 13.0. The molecule has 2 rings (SSSR count). The molecule has 0 fully saturated rings. The Kier molecular flexibility index (Phi) is 4.18. The molecular weight excluding hydrogens is 277 g/mol. The largest absolute Gasteiger partial charge is 0.508 e. The molecule has 0 atom stereocenters. The van der Waals surface area contributed by atoms with Gasteiger partial charge in [0.25, 0.3) is 0 Å². The number of hydrogen-bond donors (Lipinski definition) is 3. The standard InChI is InChI=1S/C15H12FNO4/c16-10-3-6-13(12(8-10)15(20)21)17-14(19)7-9-1-4-11(18)5-2-9/h1-6,8,18H,7H2,(H,17,19)(H,20,21). The number of nitrogens with one attached hydrogen (secondary N) is 1. The lowest BCUT2D eigenvalue weighted by Crippen LogP contribution is -2.17. The average molecular weight is 289 g/mol. The molecule has 0 aliphatic heterocycles. The third-order valence-corrected chi connectivity index (χ3v) is 2.79. The number of amides is 1. The van der Waals surface area contributed by atoms with Crippen LogP contribution in [0.1, 0.15) is 15.9 Å². The highest BCUT2D eigenvalue weighted by molar-refractivity contribution is 6.01. The monoisotopic (exact) mass is 289 g/mol. The number of hydrogen-bond acceptors (Lipinski definition) is 3. The Morgan fingerprint density at radius 2 is 1.76 bits per heavy atom. The van der Waals surface area contributed by atoms with Gasteiger partial charge >= 0.3 is 5.97 Å². The van der Waals surface area contributed by atoms with Gasteiger partial charge in [-0.1, -0.05) is 12.1 Å². The fourth-order valence-electron chi connectivity index (χ4n) is 1.80. The maximum Gasteiger partial charge on any atom is 0.337 e. The number of carbonyl (C=O) groups is 2. The molecule has 3 N–H and O–H groups in total. The molecular formula is C15H12FNO4. The van der Waals surface area contributed by atoms with E-state index in [-0.39, 0.29) is 23.4 Å². The van der Waals surface area contributed by atoms with Crippen molar-refractivity contribution in [1.29, 1.82) is 0 Å². The quantitative estimate of drug-likeness (QED) is 0.806. The minimum absolute atomic E-state index is 0.0106. The van der Waals surface area contributed by atoms with Crippen molar-refractivity contribution in [1.82, 2.24) is 0 Å². The van der Waals surface area contributed by atoms with Gasteiger partial charge in [0.15, 0.2) is 0 Å². The molecule has 0 aliphatic rings. The van der Waals surface area contributed by atoms with E-state index >= 15 is 0 Å². The smallest absolute Gasteiger partial charge is 0.337 e. The van der Waals surface area contributed by atoms with Gasteiger partial charge in [-0.2, -0.15) is 0 Å². The minimum Gasteiger partial charge on any atom is -0.508 e. The van der Waals surface area contributed by atoms with E-state index in [1.54, 1.807) is 12.1 Å². The molecule has 5 nitrogen and oxygen atoms in total. The van der Waals surface area contributed by atoms with Gasteiger partial charge < -0.3 is 15.5 Å². The third-order valence-electron chi connectivity index (χ3n) is 2.79. The summed E-state index contributed by atoms with van der Waals surface area (Å²) in [5.74, 6) is -2.36. The van der Waals surface area contributed by atoms with Crippen LogP contribution in [0.4, 0.5) is 10.1 Å². The molecule has 108 valence electrons. The summed E-state index contributed by atoms with van der Waals surface area (Å²) in [5, 5.41) is 20.6. The van der Waals surface area contributed by atoms with Crippen LogP contribution in [-0.2, 0) is 11.2 Å². The van der Waals surface area contributed by atoms with Crippen LogP contribution in [0.15, 0.2) is 42.5 Å². The van der Waals surface area contributed by atoms with Crippen molar-refractivity contribution < 1.29 is 24.2 Å². The van der Waals surface area contributed by atoms with Crippen molar-refractivity contribution in [3.63, 3.8) is 0 Å². The molecule has 0 heterocycles.